The molecule has 2 amide bonds. The van der Waals surface area contributed by atoms with Crippen LogP contribution in [0.5, 0.6) is 0 Å². The van der Waals surface area contributed by atoms with Crippen LogP contribution in [0.4, 0.5) is 0 Å². The average molecular weight is 415 g/mol. The molecule has 154 valence electrons. The summed E-state index contributed by atoms with van der Waals surface area (Å²) < 4.78 is 0. The van der Waals surface area contributed by atoms with Crippen molar-refractivity contribution >= 4 is 34.3 Å². The highest BCUT2D eigenvalue weighted by Crippen LogP contribution is 2.19. The largest absolute Gasteiger partial charge is 0.342 e. The van der Waals surface area contributed by atoms with Crippen LogP contribution in [0.2, 0.25) is 5.15 Å². The van der Waals surface area contributed by atoms with Crippen molar-refractivity contribution in [3.8, 4) is 0 Å². The zero-order chi connectivity index (χ0) is 20.2. The SMILES string of the molecule is O=C(CN1CCN(C(=O)c2ccc3nc(Cl)ccc3c2)CC1)N1CCCCCC1. The maximum Gasteiger partial charge on any atom is 0.253 e. The lowest BCUT2D eigenvalue weighted by molar-refractivity contribution is -0.132. The highest BCUT2D eigenvalue weighted by Gasteiger charge is 2.25. The van der Waals surface area contributed by atoms with Crippen LogP contribution in [0, 0.1) is 0 Å². The molecule has 6 nitrogen and oxygen atoms in total. The summed E-state index contributed by atoms with van der Waals surface area (Å²) in [4.78, 5) is 35.8. The van der Waals surface area contributed by atoms with E-state index in [1.165, 1.54) is 12.8 Å². The number of rotatable bonds is 3. The number of hydrogen-bond acceptors (Lipinski definition) is 4. The molecule has 0 saturated carbocycles. The number of amides is 2. The Balaban J connectivity index is 1.32. The molecule has 1 aromatic heterocycles. The lowest BCUT2D eigenvalue weighted by Crippen LogP contribution is -2.51. The monoisotopic (exact) mass is 414 g/mol. The van der Waals surface area contributed by atoms with Crippen LogP contribution in [0.3, 0.4) is 0 Å². The van der Waals surface area contributed by atoms with E-state index in [1.54, 1.807) is 6.07 Å². The van der Waals surface area contributed by atoms with E-state index < -0.39 is 0 Å². The van der Waals surface area contributed by atoms with Gasteiger partial charge in [-0.05, 0) is 43.2 Å². The highest BCUT2D eigenvalue weighted by atomic mass is 35.5. The van der Waals surface area contributed by atoms with E-state index in [9.17, 15) is 9.59 Å². The number of fused-ring (bicyclic) bond motifs is 1. The Morgan fingerprint density at radius 3 is 2.31 bits per heavy atom. The quantitative estimate of drug-likeness (QED) is 0.724. The van der Waals surface area contributed by atoms with Crippen molar-refractivity contribution in [2.24, 2.45) is 0 Å². The predicted octanol–water partition coefficient (Wildman–Crippen LogP) is 3.05. The fourth-order valence-electron chi connectivity index (χ4n) is 4.14. The highest BCUT2D eigenvalue weighted by molar-refractivity contribution is 6.29. The molecule has 2 aliphatic rings. The van der Waals surface area contributed by atoms with Crippen molar-refractivity contribution < 1.29 is 9.59 Å². The van der Waals surface area contributed by atoms with Gasteiger partial charge in [-0.25, -0.2) is 4.98 Å². The van der Waals surface area contributed by atoms with Crippen molar-refractivity contribution in [1.29, 1.82) is 0 Å². The zero-order valence-electron chi connectivity index (χ0n) is 16.6. The van der Waals surface area contributed by atoms with E-state index in [4.69, 9.17) is 11.6 Å². The first-order chi connectivity index (χ1) is 14.1. The standard InChI is InChI=1S/C22H27ClN4O2/c23-20-8-6-17-15-18(5-7-19(17)24-20)22(29)27-13-11-25(12-14-27)16-21(28)26-9-3-1-2-4-10-26/h5-8,15H,1-4,9-14,16H2. The summed E-state index contributed by atoms with van der Waals surface area (Å²) in [6, 6.07) is 9.14. The number of hydrogen-bond donors (Lipinski definition) is 0. The number of pyridine rings is 1. The Labute approximate surface area is 176 Å². The molecule has 0 radical (unpaired) electrons. The van der Waals surface area contributed by atoms with Crippen LogP contribution in [-0.4, -0.2) is 77.3 Å². The first kappa shape index (κ1) is 20.1. The molecule has 0 unspecified atom stereocenters. The lowest BCUT2D eigenvalue weighted by atomic mass is 10.1. The molecule has 7 heteroatoms. The van der Waals surface area contributed by atoms with Crippen molar-refractivity contribution in [1.82, 2.24) is 19.7 Å². The van der Waals surface area contributed by atoms with Gasteiger partial charge in [0.05, 0.1) is 12.1 Å². The Morgan fingerprint density at radius 2 is 1.59 bits per heavy atom. The van der Waals surface area contributed by atoms with Crippen LogP contribution in [-0.2, 0) is 4.79 Å². The summed E-state index contributed by atoms with van der Waals surface area (Å²) in [6.45, 7) is 4.99. The van der Waals surface area contributed by atoms with Gasteiger partial charge in [-0.15, -0.1) is 0 Å². The van der Waals surface area contributed by atoms with Gasteiger partial charge in [-0.1, -0.05) is 24.4 Å². The fourth-order valence-corrected chi connectivity index (χ4v) is 4.29. The first-order valence-corrected chi connectivity index (χ1v) is 10.8. The van der Waals surface area contributed by atoms with Crippen molar-refractivity contribution in [2.75, 3.05) is 45.8 Å². The van der Waals surface area contributed by atoms with Gasteiger partial charge >= 0.3 is 0 Å². The number of halogens is 1. The molecule has 0 spiro atoms. The number of aromatic nitrogens is 1. The van der Waals surface area contributed by atoms with Crippen LogP contribution >= 0.6 is 11.6 Å². The molecule has 3 heterocycles. The molecule has 29 heavy (non-hydrogen) atoms. The molecule has 0 atom stereocenters. The third-order valence-corrected chi connectivity index (χ3v) is 6.09. The fraction of sp³-hybridized carbons (Fsp3) is 0.500. The third kappa shape index (κ3) is 4.87. The Bertz CT molecular complexity index is 888. The zero-order valence-corrected chi connectivity index (χ0v) is 17.4. The van der Waals surface area contributed by atoms with E-state index in [0.29, 0.717) is 30.4 Å². The number of likely N-dealkylation sites (tertiary alicyclic amines) is 1. The van der Waals surface area contributed by atoms with Gasteiger partial charge < -0.3 is 9.80 Å². The van der Waals surface area contributed by atoms with E-state index in [0.717, 1.165) is 49.9 Å². The Kier molecular flexibility index (Phi) is 6.31. The molecule has 0 aliphatic carbocycles. The Morgan fingerprint density at radius 1 is 0.862 bits per heavy atom. The summed E-state index contributed by atoms with van der Waals surface area (Å²) in [5.41, 5.74) is 1.45. The molecule has 2 aliphatic heterocycles. The van der Waals surface area contributed by atoms with E-state index in [-0.39, 0.29) is 11.8 Å². The minimum absolute atomic E-state index is 0.0281. The number of carbonyl (C=O) groups is 2. The van der Waals surface area contributed by atoms with E-state index in [1.807, 2.05) is 34.1 Å². The maximum atomic E-state index is 12.9. The van der Waals surface area contributed by atoms with Gasteiger partial charge in [0.2, 0.25) is 5.91 Å². The molecular formula is C22H27ClN4O2. The number of nitrogens with zero attached hydrogens (tertiary/aromatic N) is 4. The van der Waals surface area contributed by atoms with Crippen LogP contribution in [0.15, 0.2) is 30.3 Å². The van der Waals surface area contributed by atoms with Gasteiger partial charge in [0.1, 0.15) is 5.15 Å². The van der Waals surface area contributed by atoms with E-state index in [2.05, 4.69) is 9.88 Å². The molecule has 0 N–H and O–H groups in total. The summed E-state index contributed by atoms with van der Waals surface area (Å²) >= 11 is 5.93. The van der Waals surface area contributed by atoms with Gasteiger partial charge in [0.25, 0.3) is 5.91 Å². The molecular weight excluding hydrogens is 388 g/mol. The summed E-state index contributed by atoms with van der Waals surface area (Å²) in [5, 5.41) is 1.35. The molecule has 4 rings (SSSR count). The molecule has 2 saturated heterocycles. The van der Waals surface area contributed by atoms with Crippen LogP contribution in [0.25, 0.3) is 10.9 Å². The second kappa shape index (κ2) is 9.09. The third-order valence-electron chi connectivity index (χ3n) is 5.88. The summed E-state index contributed by atoms with van der Waals surface area (Å²) in [7, 11) is 0. The second-order valence-electron chi connectivity index (χ2n) is 7.90. The van der Waals surface area contributed by atoms with Crippen molar-refractivity contribution in [3.63, 3.8) is 0 Å². The Hall–Kier alpha value is -2.18. The van der Waals surface area contributed by atoms with Crippen LogP contribution < -0.4 is 0 Å². The number of piperazine rings is 1. The van der Waals surface area contributed by atoms with Crippen LogP contribution in [0.1, 0.15) is 36.0 Å². The molecule has 2 aromatic rings. The van der Waals surface area contributed by atoms with Gasteiger partial charge in [-0.2, -0.15) is 0 Å². The van der Waals surface area contributed by atoms with Crippen molar-refractivity contribution in [3.05, 3.63) is 41.0 Å². The van der Waals surface area contributed by atoms with Gasteiger partial charge in [-0.3, -0.25) is 14.5 Å². The van der Waals surface area contributed by atoms with Crippen molar-refractivity contribution in [2.45, 2.75) is 25.7 Å². The minimum atomic E-state index is 0.0281. The molecule has 1 aromatic carbocycles. The van der Waals surface area contributed by atoms with Gasteiger partial charge in [0.15, 0.2) is 0 Å². The topological polar surface area (TPSA) is 56.8 Å². The second-order valence-corrected chi connectivity index (χ2v) is 8.29. The summed E-state index contributed by atoms with van der Waals surface area (Å²) in [5.74, 6) is 0.257. The maximum absolute atomic E-state index is 12.9. The summed E-state index contributed by atoms with van der Waals surface area (Å²) in [6.07, 6.45) is 4.67. The number of benzene rings is 1. The molecule has 0 bridgehead atoms. The predicted molar refractivity (Wildman–Crippen MR) is 114 cm³/mol. The normalized spacial score (nSPS) is 18.7. The number of carbonyl (C=O) groups excluding carboxylic acids is 2. The first-order valence-electron chi connectivity index (χ1n) is 10.5. The molecule has 2 fully saturated rings. The average Bonchev–Trinajstić information content (AvgIpc) is 3.03. The smallest absolute Gasteiger partial charge is 0.253 e. The van der Waals surface area contributed by atoms with E-state index >= 15 is 0 Å². The lowest BCUT2D eigenvalue weighted by Gasteiger charge is -2.35. The minimum Gasteiger partial charge on any atom is -0.342 e. The van der Waals surface area contributed by atoms with Gasteiger partial charge in [0, 0.05) is 50.2 Å².